The Kier molecular flexibility index (Phi) is 4.85. The van der Waals surface area contributed by atoms with E-state index in [2.05, 4.69) is 27.0 Å². The quantitative estimate of drug-likeness (QED) is 0.860. The van der Waals surface area contributed by atoms with Crippen molar-refractivity contribution in [2.45, 2.75) is 50.7 Å². The van der Waals surface area contributed by atoms with Crippen molar-refractivity contribution in [2.75, 3.05) is 12.8 Å². The first kappa shape index (κ1) is 14.4. The number of carbonyl (C=O) groups is 1. The van der Waals surface area contributed by atoms with Crippen molar-refractivity contribution in [1.29, 1.82) is 0 Å². The van der Waals surface area contributed by atoms with Crippen LogP contribution in [0.25, 0.3) is 0 Å². The lowest BCUT2D eigenvalue weighted by Gasteiger charge is -2.29. The van der Waals surface area contributed by atoms with Gasteiger partial charge in [0.05, 0.1) is 5.75 Å². The molecule has 1 saturated carbocycles. The fourth-order valence-electron chi connectivity index (χ4n) is 2.71. The number of aromatic nitrogens is 3. The van der Waals surface area contributed by atoms with E-state index in [1.54, 1.807) is 7.05 Å². The molecule has 1 aromatic rings. The van der Waals surface area contributed by atoms with Gasteiger partial charge in [-0.2, -0.15) is 0 Å². The maximum atomic E-state index is 11.3. The Morgan fingerprint density at radius 2 is 2.26 bits per heavy atom. The molecule has 1 N–H and O–H groups in total. The van der Waals surface area contributed by atoms with Crippen molar-refractivity contribution in [1.82, 2.24) is 20.1 Å². The van der Waals surface area contributed by atoms with Crippen molar-refractivity contribution >= 4 is 17.7 Å². The maximum Gasteiger partial charge on any atom is 0.230 e. The molecule has 0 saturated heterocycles. The lowest BCUT2D eigenvalue weighted by atomic mass is 9.87. The minimum Gasteiger partial charge on any atom is -0.358 e. The van der Waals surface area contributed by atoms with Crippen LogP contribution in [0.4, 0.5) is 0 Å². The minimum absolute atomic E-state index is 0.0224. The van der Waals surface area contributed by atoms with Crippen LogP contribution in [0.2, 0.25) is 0 Å². The predicted octanol–water partition coefficient (Wildman–Crippen LogP) is 2.18. The topological polar surface area (TPSA) is 59.8 Å². The van der Waals surface area contributed by atoms with Gasteiger partial charge in [0, 0.05) is 13.1 Å². The van der Waals surface area contributed by atoms with Gasteiger partial charge >= 0.3 is 0 Å². The summed E-state index contributed by atoms with van der Waals surface area (Å²) >= 11 is 1.47. The lowest BCUT2D eigenvalue weighted by molar-refractivity contribution is -0.118. The molecule has 1 aliphatic rings. The maximum absolute atomic E-state index is 11.3. The first-order valence-electron chi connectivity index (χ1n) is 6.86. The smallest absolute Gasteiger partial charge is 0.230 e. The monoisotopic (exact) mass is 282 g/mol. The third-order valence-corrected chi connectivity index (χ3v) is 4.66. The molecule has 1 fully saturated rings. The second-order valence-electron chi connectivity index (χ2n) is 5.29. The Labute approximate surface area is 118 Å². The molecule has 2 rings (SSSR count). The van der Waals surface area contributed by atoms with Crippen molar-refractivity contribution in [3.05, 3.63) is 5.82 Å². The summed E-state index contributed by atoms with van der Waals surface area (Å²) in [5.74, 6) is 2.14. The number of hydrogen-bond acceptors (Lipinski definition) is 4. The Hall–Kier alpha value is -1.04. The molecular formula is C13H22N4OS. The summed E-state index contributed by atoms with van der Waals surface area (Å²) in [5.41, 5.74) is 0. The van der Waals surface area contributed by atoms with Crippen molar-refractivity contribution < 1.29 is 4.79 Å². The van der Waals surface area contributed by atoms with Crippen LogP contribution in [-0.4, -0.2) is 33.5 Å². The number of aryl methyl sites for hydroxylation is 1. The Morgan fingerprint density at radius 3 is 2.95 bits per heavy atom. The van der Waals surface area contributed by atoms with Crippen LogP contribution in [0, 0.1) is 12.8 Å². The first-order valence-corrected chi connectivity index (χ1v) is 7.85. The zero-order chi connectivity index (χ0) is 13.8. The molecule has 0 bridgehead atoms. The summed E-state index contributed by atoms with van der Waals surface area (Å²) in [6.45, 7) is 4.30. The Morgan fingerprint density at radius 1 is 1.47 bits per heavy atom. The van der Waals surface area contributed by atoms with E-state index < -0.39 is 0 Å². The molecule has 0 aromatic carbocycles. The number of nitrogens with zero attached hydrogens (tertiary/aromatic N) is 3. The van der Waals surface area contributed by atoms with Gasteiger partial charge in [-0.3, -0.25) is 4.79 Å². The van der Waals surface area contributed by atoms with Gasteiger partial charge in [-0.05, 0) is 25.7 Å². The summed E-state index contributed by atoms with van der Waals surface area (Å²) in [6, 6.07) is 0.492. The van der Waals surface area contributed by atoms with Crippen molar-refractivity contribution in [3.8, 4) is 0 Å². The van der Waals surface area contributed by atoms with E-state index in [1.165, 1.54) is 37.4 Å². The number of amides is 1. The summed E-state index contributed by atoms with van der Waals surface area (Å²) in [5, 5.41) is 11.9. The predicted molar refractivity (Wildman–Crippen MR) is 76.2 cm³/mol. The molecule has 2 unspecified atom stereocenters. The third-order valence-electron chi connectivity index (χ3n) is 3.72. The molecule has 6 heteroatoms. The standard InChI is InChI=1S/C13H22N4OS/c1-9-5-4-6-11(7-9)17-10(2)15-16-13(17)19-8-12(18)14-3/h9,11H,4-8H2,1-3H3,(H,14,18). The molecule has 19 heavy (non-hydrogen) atoms. The first-order chi connectivity index (χ1) is 9.11. The molecule has 1 aliphatic carbocycles. The van der Waals surface area contributed by atoms with E-state index in [0.29, 0.717) is 11.8 Å². The highest BCUT2D eigenvalue weighted by Crippen LogP contribution is 2.35. The third kappa shape index (κ3) is 3.49. The van der Waals surface area contributed by atoms with Gasteiger partial charge < -0.3 is 9.88 Å². The van der Waals surface area contributed by atoms with E-state index in [0.717, 1.165) is 16.9 Å². The number of carbonyl (C=O) groups excluding carboxylic acids is 1. The Bertz CT molecular complexity index is 446. The van der Waals surface area contributed by atoms with Gasteiger partial charge in [0.2, 0.25) is 5.91 Å². The molecule has 0 radical (unpaired) electrons. The zero-order valence-corrected chi connectivity index (χ0v) is 12.7. The van der Waals surface area contributed by atoms with Gasteiger partial charge in [-0.25, -0.2) is 0 Å². The van der Waals surface area contributed by atoms with Crippen LogP contribution in [0.5, 0.6) is 0 Å². The van der Waals surface area contributed by atoms with Gasteiger partial charge in [0.15, 0.2) is 5.16 Å². The van der Waals surface area contributed by atoms with E-state index >= 15 is 0 Å². The Balaban J connectivity index is 2.10. The number of nitrogens with one attached hydrogen (secondary N) is 1. The summed E-state index contributed by atoms with van der Waals surface area (Å²) in [6.07, 6.45) is 4.96. The van der Waals surface area contributed by atoms with E-state index in [4.69, 9.17) is 0 Å². The van der Waals surface area contributed by atoms with E-state index in [9.17, 15) is 4.79 Å². The highest BCUT2D eigenvalue weighted by Gasteiger charge is 2.24. The molecule has 2 atom stereocenters. The largest absolute Gasteiger partial charge is 0.358 e. The average molecular weight is 282 g/mol. The number of hydrogen-bond donors (Lipinski definition) is 1. The molecule has 5 nitrogen and oxygen atoms in total. The highest BCUT2D eigenvalue weighted by atomic mass is 32.2. The van der Waals surface area contributed by atoms with Crippen LogP contribution in [-0.2, 0) is 4.79 Å². The van der Waals surface area contributed by atoms with Crippen LogP contribution in [0.1, 0.15) is 44.5 Å². The van der Waals surface area contributed by atoms with Crippen LogP contribution >= 0.6 is 11.8 Å². The van der Waals surface area contributed by atoms with E-state index in [1.807, 2.05) is 6.92 Å². The SMILES string of the molecule is CNC(=O)CSc1nnc(C)n1C1CCCC(C)C1. The molecule has 106 valence electrons. The van der Waals surface area contributed by atoms with Crippen LogP contribution in [0.15, 0.2) is 5.16 Å². The molecule has 1 aromatic heterocycles. The van der Waals surface area contributed by atoms with Crippen LogP contribution < -0.4 is 5.32 Å². The molecule has 0 aliphatic heterocycles. The molecular weight excluding hydrogens is 260 g/mol. The summed E-state index contributed by atoms with van der Waals surface area (Å²) in [7, 11) is 1.65. The van der Waals surface area contributed by atoms with Crippen molar-refractivity contribution in [3.63, 3.8) is 0 Å². The molecule has 1 amide bonds. The second-order valence-corrected chi connectivity index (χ2v) is 6.23. The summed E-state index contributed by atoms with van der Waals surface area (Å²) in [4.78, 5) is 11.3. The lowest BCUT2D eigenvalue weighted by Crippen LogP contribution is -2.22. The van der Waals surface area contributed by atoms with Gasteiger partial charge in [0.1, 0.15) is 5.82 Å². The highest BCUT2D eigenvalue weighted by molar-refractivity contribution is 7.99. The molecule has 1 heterocycles. The zero-order valence-electron chi connectivity index (χ0n) is 11.8. The number of thioether (sulfide) groups is 1. The van der Waals surface area contributed by atoms with Crippen LogP contribution in [0.3, 0.4) is 0 Å². The second kappa shape index (κ2) is 6.41. The number of rotatable bonds is 4. The van der Waals surface area contributed by atoms with E-state index in [-0.39, 0.29) is 5.91 Å². The minimum atomic E-state index is 0.0224. The van der Waals surface area contributed by atoms with Crippen molar-refractivity contribution in [2.24, 2.45) is 5.92 Å². The fourth-order valence-corrected chi connectivity index (χ4v) is 3.63. The normalized spacial score (nSPS) is 23.3. The summed E-state index contributed by atoms with van der Waals surface area (Å²) < 4.78 is 2.23. The average Bonchev–Trinajstić information content (AvgIpc) is 2.77. The van der Waals surface area contributed by atoms with Gasteiger partial charge in [-0.15, -0.1) is 10.2 Å². The van der Waals surface area contributed by atoms with Gasteiger partial charge in [0.25, 0.3) is 0 Å². The molecule has 0 spiro atoms. The fraction of sp³-hybridized carbons (Fsp3) is 0.769. The van der Waals surface area contributed by atoms with Gasteiger partial charge in [-0.1, -0.05) is 31.5 Å².